The van der Waals surface area contributed by atoms with Gasteiger partial charge >= 0.3 is 0 Å². The molecule has 2 fully saturated rings. The SMILES string of the molecule is CC(Sc1nnc(N2CCOCC2)n1C1CC1)C(=O)c1ccc2c(c1)CCC2. The first-order chi connectivity index (χ1) is 13.7. The number of morpholine rings is 1. The Morgan fingerprint density at radius 3 is 2.75 bits per heavy atom. The quantitative estimate of drug-likeness (QED) is 0.550. The summed E-state index contributed by atoms with van der Waals surface area (Å²) < 4.78 is 7.72. The Kier molecular flexibility index (Phi) is 4.88. The van der Waals surface area contributed by atoms with Gasteiger partial charge in [0.05, 0.1) is 18.5 Å². The first-order valence-corrected chi connectivity index (χ1v) is 11.2. The number of hydrogen-bond donors (Lipinski definition) is 0. The molecular weight excluding hydrogens is 372 g/mol. The Bertz CT molecular complexity index is 887. The number of fused-ring (bicyclic) bond motifs is 1. The predicted molar refractivity (Wildman–Crippen MR) is 109 cm³/mol. The molecule has 148 valence electrons. The zero-order valence-electron chi connectivity index (χ0n) is 16.3. The van der Waals surface area contributed by atoms with Gasteiger partial charge in [-0.15, -0.1) is 10.2 Å². The Labute approximate surface area is 169 Å². The number of aromatic nitrogens is 3. The van der Waals surface area contributed by atoms with Crippen molar-refractivity contribution in [3.63, 3.8) is 0 Å². The minimum atomic E-state index is -0.182. The number of anilines is 1. The maximum absolute atomic E-state index is 13.0. The molecule has 0 amide bonds. The van der Waals surface area contributed by atoms with Gasteiger partial charge < -0.3 is 9.64 Å². The molecule has 6 nitrogen and oxygen atoms in total. The molecule has 2 heterocycles. The van der Waals surface area contributed by atoms with Crippen LogP contribution in [0.5, 0.6) is 0 Å². The van der Waals surface area contributed by atoms with Gasteiger partial charge in [0.2, 0.25) is 5.95 Å². The van der Waals surface area contributed by atoms with E-state index in [1.165, 1.54) is 17.5 Å². The number of nitrogens with zero attached hydrogens (tertiary/aromatic N) is 4. The molecule has 28 heavy (non-hydrogen) atoms. The van der Waals surface area contributed by atoms with Gasteiger partial charge in [0.25, 0.3) is 0 Å². The summed E-state index contributed by atoms with van der Waals surface area (Å²) in [6.45, 7) is 5.14. The van der Waals surface area contributed by atoms with E-state index in [2.05, 4.69) is 31.8 Å². The van der Waals surface area contributed by atoms with Crippen LogP contribution in [0.4, 0.5) is 5.95 Å². The normalized spacial score (nSPS) is 20.2. The van der Waals surface area contributed by atoms with E-state index in [9.17, 15) is 4.79 Å². The number of carbonyl (C=O) groups excluding carboxylic acids is 1. The van der Waals surface area contributed by atoms with Crippen LogP contribution in [-0.4, -0.2) is 52.1 Å². The molecule has 7 heteroatoms. The van der Waals surface area contributed by atoms with Gasteiger partial charge in [0.15, 0.2) is 10.9 Å². The number of thioether (sulfide) groups is 1. The van der Waals surface area contributed by atoms with E-state index in [0.717, 1.165) is 68.7 Å². The van der Waals surface area contributed by atoms with Crippen molar-refractivity contribution in [2.75, 3.05) is 31.2 Å². The second kappa shape index (κ2) is 7.52. The van der Waals surface area contributed by atoms with Crippen LogP contribution in [0.25, 0.3) is 0 Å². The lowest BCUT2D eigenvalue weighted by Crippen LogP contribution is -2.38. The van der Waals surface area contributed by atoms with Gasteiger partial charge in [0, 0.05) is 24.7 Å². The van der Waals surface area contributed by atoms with Crippen LogP contribution in [0.3, 0.4) is 0 Å². The van der Waals surface area contributed by atoms with Crippen LogP contribution in [0.1, 0.15) is 53.7 Å². The van der Waals surface area contributed by atoms with Gasteiger partial charge in [-0.3, -0.25) is 9.36 Å². The van der Waals surface area contributed by atoms with Crippen molar-refractivity contribution >= 4 is 23.5 Å². The van der Waals surface area contributed by atoms with E-state index in [1.807, 2.05) is 13.0 Å². The lowest BCUT2D eigenvalue weighted by molar-refractivity contribution is 0.0993. The highest BCUT2D eigenvalue weighted by atomic mass is 32.2. The van der Waals surface area contributed by atoms with Gasteiger partial charge in [-0.25, -0.2) is 0 Å². The van der Waals surface area contributed by atoms with Gasteiger partial charge in [-0.1, -0.05) is 23.9 Å². The molecule has 0 N–H and O–H groups in total. The Morgan fingerprint density at radius 2 is 1.96 bits per heavy atom. The highest BCUT2D eigenvalue weighted by Crippen LogP contribution is 2.42. The molecule has 1 saturated heterocycles. The van der Waals surface area contributed by atoms with E-state index >= 15 is 0 Å². The fourth-order valence-electron chi connectivity index (χ4n) is 4.15. The molecule has 1 saturated carbocycles. The molecule has 0 radical (unpaired) electrons. The van der Waals surface area contributed by atoms with Crippen LogP contribution in [0, 0.1) is 0 Å². The Hall–Kier alpha value is -1.86. The topological polar surface area (TPSA) is 60.2 Å². The lowest BCUT2D eigenvalue weighted by Gasteiger charge is -2.28. The predicted octanol–water partition coefficient (Wildman–Crippen LogP) is 3.30. The number of hydrogen-bond acceptors (Lipinski definition) is 6. The summed E-state index contributed by atoms with van der Waals surface area (Å²) in [7, 11) is 0. The highest BCUT2D eigenvalue weighted by Gasteiger charge is 2.33. The Balaban J connectivity index is 1.35. The largest absolute Gasteiger partial charge is 0.378 e. The third kappa shape index (κ3) is 3.46. The van der Waals surface area contributed by atoms with Gasteiger partial charge in [-0.05, 0) is 56.2 Å². The number of benzene rings is 1. The van der Waals surface area contributed by atoms with Crippen LogP contribution < -0.4 is 4.90 Å². The maximum Gasteiger partial charge on any atom is 0.228 e. The summed E-state index contributed by atoms with van der Waals surface area (Å²) in [6.07, 6.45) is 5.76. The lowest BCUT2D eigenvalue weighted by atomic mass is 10.0. The smallest absolute Gasteiger partial charge is 0.228 e. The number of aryl methyl sites for hydroxylation is 2. The number of ketones is 1. The molecular formula is C21H26N4O2S. The van der Waals surface area contributed by atoms with E-state index in [4.69, 9.17) is 4.74 Å². The molecule has 0 bridgehead atoms. The average molecular weight is 399 g/mol. The van der Waals surface area contributed by atoms with E-state index in [0.29, 0.717) is 6.04 Å². The van der Waals surface area contributed by atoms with Crippen molar-refractivity contribution in [3.8, 4) is 0 Å². The minimum Gasteiger partial charge on any atom is -0.378 e. The molecule has 0 spiro atoms. The third-order valence-electron chi connectivity index (χ3n) is 5.89. The molecule has 1 atom stereocenters. The second-order valence-electron chi connectivity index (χ2n) is 7.94. The van der Waals surface area contributed by atoms with E-state index in [-0.39, 0.29) is 11.0 Å². The Morgan fingerprint density at radius 1 is 1.18 bits per heavy atom. The summed E-state index contributed by atoms with van der Waals surface area (Å²) in [5.74, 6) is 1.11. The molecule has 1 aromatic carbocycles. The number of rotatable bonds is 6. The van der Waals surface area contributed by atoms with Crippen molar-refractivity contribution in [2.24, 2.45) is 0 Å². The molecule has 2 aliphatic carbocycles. The van der Waals surface area contributed by atoms with Crippen molar-refractivity contribution in [3.05, 3.63) is 34.9 Å². The van der Waals surface area contributed by atoms with Crippen LogP contribution >= 0.6 is 11.8 Å². The third-order valence-corrected chi connectivity index (χ3v) is 6.94. The average Bonchev–Trinajstić information content (AvgIpc) is 3.31. The van der Waals surface area contributed by atoms with Crippen LogP contribution in [0.15, 0.2) is 23.4 Å². The van der Waals surface area contributed by atoms with Gasteiger partial charge in [-0.2, -0.15) is 0 Å². The maximum atomic E-state index is 13.0. The van der Waals surface area contributed by atoms with Gasteiger partial charge in [0.1, 0.15) is 0 Å². The monoisotopic (exact) mass is 398 g/mol. The van der Waals surface area contributed by atoms with Crippen LogP contribution in [-0.2, 0) is 17.6 Å². The number of ether oxygens (including phenoxy) is 1. The first-order valence-electron chi connectivity index (χ1n) is 10.3. The summed E-state index contributed by atoms with van der Waals surface area (Å²) in [4.78, 5) is 15.3. The second-order valence-corrected chi connectivity index (χ2v) is 9.25. The highest BCUT2D eigenvalue weighted by molar-refractivity contribution is 8.00. The van der Waals surface area contributed by atoms with E-state index < -0.39 is 0 Å². The molecule has 1 aromatic heterocycles. The zero-order chi connectivity index (χ0) is 19.1. The molecule has 2 aromatic rings. The standard InChI is InChI=1S/C21H26N4O2S/c1-14(19(26)17-6-5-15-3-2-4-16(15)13-17)28-21-23-22-20(25(21)18-7-8-18)24-9-11-27-12-10-24/h5-6,13-14,18H,2-4,7-12H2,1H3. The number of Topliss-reactive ketones (excluding diaryl/α,β-unsaturated/α-hetero) is 1. The van der Waals surface area contributed by atoms with Crippen molar-refractivity contribution in [2.45, 2.75) is 55.5 Å². The summed E-state index contributed by atoms with van der Waals surface area (Å²) in [5, 5.41) is 9.64. The first kappa shape index (κ1) is 18.2. The molecule has 3 aliphatic rings. The fraction of sp³-hybridized carbons (Fsp3) is 0.571. The molecule has 1 aliphatic heterocycles. The van der Waals surface area contributed by atoms with Crippen LogP contribution in [0.2, 0.25) is 0 Å². The number of carbonyl (C=O) groups is 1. The van der Waals surface area contributed by atoms with Crippen molar-refractivity contribution in [1.82, 2.24) is 14.8 Å². The minimum absolute atomic E-state index is 0.179. The van der Waals surface area contributed by atoms with Crippen molar-refractivity contribution < 1.29 is 9.53 Å². The fourth-order valence-corrected chi connectivity index (χ4v) is 5.14. The molecule has 5 rings (SSSR count). The van der Waals surface area contributed by atoms with Crippen molar-refractivity contribution in [1.29, 1.82) is 0 Å². The summed E-state index contributed by atoms with van der Waals surface area (Å²) >= 11 is 1.54. The zero-order valence-corrected chi connectivity index (χ0v) is 17.1. The van der Waals surface area contributed by atoms with E-state index in [1.54, 1.807) is 11.8 Å². The summed E-state index contributed by atoms with van der Waals surface area (Å²) in [5.41, 5.74) is 3.57. The summed E-state index contributed by atoms with van der Waals surface area (Å²) in [6, 6.07) is 6.70. The molecule has 1 unspecified atom stereocenters.